The Morgan fingerprint density at radius 1 is 1.17 bits per heavy atom. The highest BCUT2D eigenvalue weighted by atomic mass is 16.5. The number of benzene rings is 2. The maximum Gasteiger partial charge on any atom is 0.151 e. The maximum absolute atomic E-state index is 10.3. The molecule has 30 heavy (non-hydrogen) atoms. The van der Waals surface area contributed by atoms with Gasteiger partial charge >= 0.3 is 0 Å². The maximum atomic E-state index is 10.3. The van der Waals surface area contributed by atoms with Gasteiger partial charge in [0.05, 0.1) is 6.61 Å². The van der Waals surface area contributed by atoms with Crippen molar-refractivity contribution in [3.63, 3.8) is 0 Å². The van der Waals surface area contributed by atoms with Crippen molar-refractivity contribution in [3.8, 4) is 23.0 Å². The quantitative estimate of drug-likeness (QED) is 0.700. The van der Waals surface area contributed by atoms with Gasteiger partial charge in [-0.25, -0.2) is 0 Å². The molecular weight excluding hydrogens is 378 g/mol. The molecular formula is C25H27NO4. The number of phenols is 1. The fourth-order valence-electron chi connectivity index (χ4n) is 4.14. The van der Waals surface area contributed by atoms with Gasteiger partial charge in [0.25, 0.3) is 0 Å². The average molecular weight is 405 g/mol. The first-order valence-electron chi connectivity index (χ1n) is 10.1. The van der Waals surface area contributed by atoms with Crippen molar-refractivity contribution in [2.75, 3.05) is 19.8 Å². The minimum absolute atomic E-state index is 0.171. The van der Waals surface area contributed by atoms with Gasteiger partial charge in [-0.15, -0.1) is 0 Å². The number of rotatable bonds is 5. The van der Waals surface area contributed by atoms with Crippen LogP contribution in [0.4, 0.5) is 0 Å². The molecule has 5 heteroatoms. The molecule has 0 unspecified atom stereocenters. The number of hydrogen-bond acceptors (Lipinski definition) is 5. The zero-order valence-corrected chi connectivity index (χ0v) is 17.5. The normalized spacial score (nSPS) is 20.8. The number of aromatic hydroxyl groups is 1. The smallest absolute Gasteiger partial charge is 0.151 e. The van der Waals surface area contributed by atoms with Crippen LogP contribution in [0.15, 0.2) is 60.7 Å². The van der Waals surface area contributed by atoms with Crippen molar-refractivity contribution in [3.05, 3.63) is 83.0 Å². The van der Waals surface area contributed by atoms with E-state index in [1.54, 1.807) is 12.1 Å². The second-order valence-electron chi connectivity index (χ2n) is 7.71. The molecule has 1 fully saturated rings. The van der Waals surface area contributed by atoms with Gasteiger partial charge in [-0.2, -0.15) is 0 Å². The fourth-order valence-corrected chi connectivity index (χ4v) is 4.14. The number of nitrogens with two attached hydrogens (primary N) is 1. The van der Waals surface area contributed by atoms with Crippen LogP contribution in [-0.4, -0.2) is 24.9 Å². The second-order valence-corrected chi connectivity index (χ2v) is 7.71. The van der Waals surface area contributed by atoms with Crippen LogP contribution in [-0.2, 0) is 10.3 Å². The number of fused-ring (bicyclic) bond motifs is 4. The van der Waals surface area contributed by atoms with Gasteiger partial charge in [-0.1, -0.05) is 25.3 Å². The largest absolute Gasteiger partial charge is 0.508 e. The van der Waals surface area contributed by atoms with Gasteiger partial charge in [-0.05, 0) is 61.2 Å². The van der Waals surface area contributed by atoms with Gasteiger partial charge in [0.15, 0.2) is 5.60 Å². The van der Waals surface area contributed by atoms with Crippen molar-refractivity contribution < 1.29 is 19.3 Å². The second kappa shape index (κ2) is 7.67. The van der Waals surface area contributed by atoms with E-state index in [0.29, 0.717) is 37.0 Å². The van der Waals surface area contributed by atoms with Gasteiger partial charge in [0.1, 0.15) is 29.6 Å². The van der Waals surface area contributed by atoms with Gasteiger partial charge in [0.2, 0.25) is 0 Å². The Hall–Kier alpha value is -3.02. The summed E-state index contributed by atoms with van der Waals surface area (Å²) in [7, 11) is 0. The summed E-state index contributed by atoms with van der Waals surface area (Å²) in [6.07, 6.45) is 4.55. The molecule has 156 valence electrons. The van der Waals surface area contributed by atoms with Gasteiger partial charge < -0.3 is 25.1 Å². The van der Waals surface area contributed by atoms with E-state index in [9.17, 15) is 5.11 Å². The molecule has 0 saturated carbocycles. The lowest BCUT2D eigenvalue weighted by Crippen LogP contribution is -2.32. The summed E-state index contributed by atoms with van der Waals surface area (Å²) in [5.74, 6) is 2.05. The van der Waals surface area contributed by atoms with E-state index in [1.807, 2.05) is 32.0 Å². The third-order valence-corrected chi connectivity index (χ3v) is 5.72. The first kappa shape index (κ1) is 20.3. The number of aryl methyl sites for hydroxylation is 2. The molecule has 2 heterocycles. The van der Waals surface area contributed by atoms with E-state index in [0.717, 1.165) is 39.8 Å². The van der Waals surface area contributed by atoms with Crippen molar-refractivity contribution in [1.82, 2.24) is 0 Å². The Morgan fingerprint density at radius 3 is 2.57 bits per heavy atom. The lowest BCUT2D eigenvalue weighted by molar-refractivity contribution is 0.0502. The highest BCUT2D eigenvalue weighted by Gasteiger charge is 2.50. The molecule has 3 N–H and O–H groups in total. The monoisotopic (exact) mass is 405 g/mol. The minimum atomic E-state index is -0.885. The zero-order chi connectivity index (χ0) is 21.5. The third-order valence-electron chi connectivity index (χ3n) is 5.72. The topological polar surface area (TPSA) is 73.9 Å². The van der Waals surface area contributed by atoms with E-state index in [2.05, 4.69) is 19.2 Å². The number of phenolic OH excluding ortho intramolecular Hbond substituents is 1. The molecule has 5 nitrogen and oxygen atoms in total. The van der Waals surface area contributed by atoms with Gasteiger partial charge in [0, 0.05) is 23.3 Å². The van der Waals surface area contributed by atoms with E-state index < -0.39 is 5.60 Å². The Bertz CT molecular complexity index is 1070. The molecule has 0 aromatic heterocycles. The van der Waals surface area contributed by atoms with Crippen molar-refractivity contribution in [2.24, 2.45) is 5.73 Å². The van der Waals surface area contributed by atoms with Crippen LogP contribution < -0.4 is 15.2 Å². The van der Waals surface area contributed by atoms with Crippen LogP contribution in [0.25, 0.3) is 0 Å². The minimum Gasteiger partial charge on any atom is -0.508 e. The lowest BCUT2D eigenvalue weighted by atomic mass is 9.76. The summed E-state index contributed by atoms with van der Waals surface area (Å²) in [6, 6.07) is 7.46. The lowest BCUT2D eigenvalue weighted by Gasteiger charge is -2.38. The standard InChI is InChI=1S/C25H27NO4/c1-5-9-28-22-13-24-20(11-16(22)3)25(17(4)18(14-29-25)7-6-8-26)19-10-15(2)21(27)12-23(19)30-24/h5,7,10-13,27H,1,4,6,8-9,14,26H2,2-3H3/b18-7-/t25-/m0/s1. The Kier molecular flexibility index (Phi) is 5.18. The van der Waals surface area contributed by atoms with E-state index in [4.69, 9.17) is 19.9 Å². The third kappa shape index (κ3) is 3.02. The van der Waals surface area contributed by atoms with E-state index >= 15 is 0 Å². The Labute approximate surface area is 177 Å². The summed E-state index contributed by atoms with van der Waals surface area (Å²) >= 11 is 0. The summed E-state index contributed by atoms with van der Waals surface area (Å²) in [5, 5.41) is 10.3. The van der Waals surface area contributed by atoms with Crippen LogP contribution in [0.3, 0.4) is 0 Å². The highest BCUT2D eigenvalue weighted by molar-refractivity contribution is 5.68. The molecule has 0 bridgehead atoms. The molecule has 4 rings (SSSR count). The molecule has 2 aromatic carbocycles. The van der Waals surface area contributed by atoms with Crippen LogP contribution in [0.2, 0.25) is 0 Å². The van der Waals surface area contributed by atoms with Crippen molar-refractivity contribution >= 4 is 0 Å². The molecule has 1 atom stereocenters. The molecule has 0 radical (unpaired) electrons. The SMILES string of the molecule is C=CCOc1cc2c(cc1C)[C@@]1(OC/C(=C/CCN)C1=C)c1cc(C)c(O)cc1O2. The van der Waals surface area contributed by atoms with E-state index in [1.165, 1.54) is 0 Å². The first-order valence-corrected chi connectivity index (χ1v) is 10.1. The average Bonchev–Trinajstić information content (AvgIpc) is 3.04. The summed E-state index contributed by atoms with van der Waals surface area (Å²) in [5.41, 5.74) is 10.2. The van der Waals surface area contributed by atoms with Crippen molar-refractivity contribution in [1.29, 1.82) is 0 Å². The molecule has 0 amide bonds. The predicted molar refractivity (Wildman–Crippen MR) is 117 cm³/mol. The van der Waals surface area contributed by atoms with E-state index in [-0.39, 0.29) is 5.75 Å². The molecule has 1 spiro atoms. The van der Waals surface area contributed by atoms with Crippen LogP contribution in [0, 0.1) is 13.8 Å². The van der Waals surface area contributed by atoms with Crippen LogP contribution in [0.5, 0.6) is 23.0 Å². The molecule has 2 aliphatic rings. The van der Waals surface area contributed by atoms with Crippen LogP contribution >= 0.6 is 0 Å². The Balaban J connectivity index is 1.94. The highest BCUT2D eigenvalue weighted by Crippen LogP contribution is 2.58. The Morgan fingerprint density at radius 2 is 1.87 bits per heavy atom. The van der Waals surface area contributed by atoms with Gasteiger partial charge in [-0.3, -0.25) is 0 Å². The number of ether oxygens (including phenoxy) is 3. The molecule has 1 saturated heterocycles. The number of hydrogen-bond donors (Lipinski definition) is 2. The van der Waals surface area contributed by atoms with Crippen molar-refractivity contribution in [2.45, 2.75) is 25.9 Å². The molecule has 0 aliphatic carbocycles. The molecule has 2 aliphatic heterocycles. The van der Waals surface area contributed by atoms with Crippen LogP contribution in [0.1, 0.15) is 28.7 Å². The first-order chi connectivity index (χ1) is 14.4. The summed E-state index contributed by atoms with van der Waals surface area (Å²) < 4.78 is 18.5. The predicted octanol–water partition coefficient (Wildman–Crippen LogP) is 4.78. The summed E-state index contributed by atoms with van der Waals surface area (Å²) in [6.45, 7) is 13.4. The zero-order valence-electron chi connectivity index (χ0n) is 17.5. The summed E-state index contributed by atoms with van der Waals surface area (Å²) in [4.78, 5) is 0. The molecule has 2 aromatic rings. The fraction of sp³-hybridized carbons (Fsp3) is 0.280.